The summed E-state index contributed by atoms with van der Waals surface area (Å²) in [5.41, 5.74) is 5.20. The van der Waals surface area contributed by atoms with Crippen molar-refractivity contribution in [2.75, 3.05) is 13.2 Å². The van der Waals surface area contributed by atoms with Gasteiger partial charge >= 0.3 is 12.0 Å². The summed E-state index contributed by atoms with van der Waals surface area (Å²) in [4.78, 5) is 35.0. The molecule has 1 aromatic rings. The first kappa shape index (κ1) is 19.7. The number of amides is 3. The summed E-state index contributed by atoms with van der Waals surface area (Å²) < 4.78 is 16.3. The number of carbonyl (C=O) groups is 3. The molecule has 0 saturated carbocycles. The van der Waals surface area contributed by atoms with Crippen molar-refractivity contribution >= 4 is 17.9 Å². The molecule has 0 aliphatic carbocycles. The fourth-order valence-electron chi connectivity index (χ4n) is 2.52. The highest BCUT2D eigenvalue weighted by Gasteiger charge is 2.28. The van der Waals surface area contributed by atoms with E-state index in [9.17, 15) is 14.4 Å². The van der Waals surface area contributed by atoms with Gasteiger partial charge in [-0.05, 0) is 43.0 Å². The SMILES string of the molecule is CC(C)[C@H](OC(=O)c1ccc(OC[C@H]2CCCO2)cc1)C(=O)NC(N)=O. The molecule has 1 aliphatic heterocycles. The Bertz CT molecular complexity index is 638. The van der Waals surface area contributed by atoms with Crippen LogP contribution >= 0.6 is 0 Å². The molecule has 2 rings (SSSR count). The molecule has 0 unspecified atom stereocenters. The summed E-state index contributed by atoms with van der Waals surface area (Å²) in [6.07, 6.45) is 1.01. The number of nitrogens with one attached hydrogen (secondary N) is 1. The summed E-state index contributed by atoms with van der Waals surface area (Å²) >= 11 is 0. The summed E-state index contributed by atoms with van der Waals surface area (Å²) in [5.74, 6) is -1.14. The predicted molar refractivity (Wildman–Crippen MR) is 92.7 cm³/mol. The van der Waals surface area contributed by atoms with E-state index in [1.807, 2.05) is 5.32 Å². The monoisotopic (exact) mass is 364 g/mol. The fourth-order valence-corrected chi connectivity index (χ4v) is 2.52. The van der Waals surface area contributed by atoms with E-state index in [0.29, 0.717) is 12.4 Å². The molecule has 1 aromatic carbocycles. The van der Waals surface area contributed by atoms with E-state index in [2.05, 4.69) is 0 Å². The quantitative estimate of drug-likeness (QED) is 0.710. The average molecular weight is 364 g/mol. The van der Waals surface area contributed by atoms with Gasteiger partial charge in [-0.2, -0.15) is 0 Å². The number of imide groups is 1. The molecule has 1 saturated heterocycles. The van der Waals surface area contributed by atoms with Crippen LogP contribution in [0.5, 0.6) is 5.75 Å². The van der Waals surface area contributed by atoms with Crippen LogP contribution in [-0.2, 0) is 14.3 Å². The molecule has 142 valence electrons. The summed E-state index contributed by atoms with van der Waals surface area (Å²) in [5, 5.41) is 1.92. The van der Waals surface area contributed by atoms with Gasteiger partial charge in [0.1, 0.15) is 12.4 Å². The Balaban J connectivity index is 1.92. The number of urea groups is 1. The van der Waals surface area contributed by atoms with Gasteiger partial charge in [0.15, 0.2) is 6.10 Å². The van der Waals surface area contributed by atoms with E-state index in [4.69, 9.17) is 19.9 Å². The zero-order valence-corrected chi connectivity index (χ0v) is 14.9. The van der Waals surface area contributed by atoms with Crippen LogP contribution in [0, 0.1) is 5.92 Å². The van der Waals surface area contributed by atoms with Gasteiger partial charge in [-0.3, -0.25) is 10.1 Å². The number of esters is 1. The Morgan fingerprint density at radius 2 is 1.96 bits per heavy atom. The van der Waals surface area contributed by atoms with Gasteiger partial charge in [-0.15, -0.1) is 0 Å². The maximum atomic E-state index is 12.2. The van der Waals surface area contributed by atoms with Crippen molar-refractivity contribution in [3.05, 3.63) is 29.8 Å². The molecular formula is C18H24N2O6. The van der Waals surface area contributed by atoms with Gasteiger partial charge in [-0.1, -0.05) is 13.8 Å². The minimum Gasteiger partial charge on any atom is -0.491 e. The molecule has 8 heteroatoms. The molecule has 3 N–H and O–H groups in total. The van der Waals surface area contributed by atoms with Crippen LogP contribution in [0.4, 0.5) is 4.79 Å². The highest BCUT2D eigenvalue weighted by atomic mass is 16.5. The lowest BCUT2D eigenvalue weighted by atomic mass is 10.1. The zero-order chi connectivity index (χ0) is 19.1. The number of ether oxygens (including phenoxy) is 3. The fraction of sp³-hybridized carbons (Fsp3) is 0.500. The minimum atomic E-state index is -1.12. The largest absolute Gasteiger partial charge is 0.491 e. The van der Waals surface area contributed by atoms with Gasteiger partial charge in [-0.25, -0.2) is 9.59 Å². The minimum absolute atomic E-state index is 0.107. The Morgan fingerprint density at radius 3 is 2.50 bits per heavy atom. The third-order valence-electron chi connectivity index (χ3n) is 3.89. The van der Waals surface area contributed by atoms with Crippen molar-refractivity contribution in [3.8, 4) is 5.75 Å². The van der Waals surface area contributed by atoms with Crippen molar-refractivity contribution in [2.45, 2.75) is 38.9 Å². The summed E-state index contributed by atoms with van der Waals surface area (Å²) in [6, 6.07) is 5.41. The van der Waals surface area contributed by atoms with E-state index in [1.165, 1.54) is 0 Å². The van der Waals surface area contributed by atoms with Crippen molar-refractivity contribution in [1.29, 1.82) is 0 Å². The van der Waals surface area contributed by atoms with Gasteiger partial charge in [0.05, 0.1) is 11.7 Å². The van der Waals surface area contributed by atoms with Gasteiger partial charge < -0.3 is 19.9 Å². The summed E-state index contributed by atoms with van der Waals surface area (Å²) in [7, 11) is 0. The summed E-state index contributed by atoms with van der Waals surface area (Å²) in [6.45, 7) is 4.62. The Hall–Kier alpha value is -2.61. The Morgan fingerprint density at radius 1 is 1.27 bits per heavy atom. The van der Waals surface area contributed by atoms with Gasteiger partial charge in [0.2, 0.25) is 0 Å². The average Bonchev–Trinajstić information content (AvgIpc) is 3.10. The van der Waals surface area contributed by atoms with Crippen molar-refractivity contribution in [2.24, 2.45) is 11.7 Å². The second kappa shape index (κ2) is 9.19. The van der Waals surface area contributed by atoms with Crippen LogP contribution in [0.2, 0.25) is 0 Å². The second-order valence-electron chi connectivity index (χ2n) is 6.39. The predicted octanol–water partition coefficient (Wildman–Crippen LogP) is 1.62. The third kappa shape index (κ3) is 5.73. The first-order valence-corrected chi connectivity index (χ1v) is 8.52. The number of carbonyl (C=O) groups excluding carboxylic acids is 3. The lowest BCUT2D eigenvalue weighted by molar-refractivity contribution is -0.130. The van der Waals surface area contributed by atoms with Crippen LogP contribution in [0.1, 0.15) is 37.0 Å². The molecule has 3 amide bonds. The molecule has 0 spiro atoms. The number of hydrogen-bond acceptors (Lipinski definition) is 6. The molecule has 1 heterocycles. The van der Waals surface area contributed by atoms with Crippen LogP contribution in [0.15, 0.2) is 24.3 Å². The number of benzene rings is 1. The second-order valence-corrected chi connectivity index (χ2v) is 6.39. The molecule has 1 fully saturated rings. The van der Waals surface area contributed by atoms with Crippen LogP contribution in [0.3, 0.4) is 0 Å². The molecule has 26 heavy (non-hydrogen) atoms. The molecule has 1 aliphatic rings. The molecule has 0 radical (unpaired) electrons. The lowest BCUT2D eigenvalue weighted by Gasteiger charge is -2.20. The smallest absolute Gasteiger partial charge is 0.338 e. The van der Waals surface area contributed by atoms with E-state index in [0.717, 1.165) is 19.4 Å². The zero-order valence-electron chi connectivity index (χ0n) is 14.9. The number of hydrogen-bond donors (Lipinski definition) is 2. The van der Waals surface area contributed by atoms with E-state index in [1.54, 1.807) is 38.1 Å². The van der Waals surface area contributed by atoms with Crippen molar-refractivity contribution in [3.63, 3.8) is 0 Å². The normalized spacial score (nSPS) is 17.6. The van der Waals surface area contributed by atoms with Gasteiger partial charge in [0, 0.05) is 6.61 Å². The molecular weight excluding hydrogens is 340 g/mol. The third-order valence-corrected chi connectivity index (χ3v) is 3.89. The standard InChI is InChI=1S/C18H24N2O6/c1-11(2)15(16(21)20-18(19)23)26-17(22)12-5-7-13(8-6-12)25-10-14-4-3-9-24-14/h5-8,11,14-15H,3-4,9-10H2,1-2H3,(H3,19,20,21,23)/t14-,15+/m1/s1. The van der Waals surface area contributed by atoms with E-state index in [-0.39, 0.29) is 17.6 Å². The van der Waals surface area contributed by atoms with E-state index >= 15 is 0 Å². The van der Waals surface area contributed by atoms with Crippen molar-refractivity contribution < 1.29 is 28.6 Å². The van der Waals surface area contributed by atoms with E-state index < -0.39 is 24.0 Å². The molecule has 2 atom stereocenters. The maximum Gasteiger partial charge on any atom is 0.338 e. The molecule has 0 bridgehead atoms. The Kier molecular flexibility index (Phi) is 6.97. The first-order valence-electron chi connectivity index (χ1n) is 8.52. The van der Waals surface area contributed by atoms with Crippen LogP contribution in [0.25, 0.3) is 0 Å². The highest BCUT2D eigenvalue weighted by Crippen LogP contribution is 2.18. The number of rotatable bonds is 7. The molecule has 8 nitrogen and oxygen atoms in total. The molecule has 0 aromatic heterocycles. The van der Waals surface area contributed by atoms with Gasteiger partial charge in [0.25, 0.3) is 5.91 Å². The number of primary amides is 1. The number of nitrogens with two attached hydrogens (primary N) is 1. The first-order chi connectivity index (χ1) is 12.4. The Labute approximate surface area is 152 Å². The van der Waals surface area contributed by atoms with Crippen LogP contribution < -0.4 is 15.8 Å². The topological polar surface area (TPSA) is 117 Å². The maximum absolute atomic E-state index is 12.2. The lowest BCUT2D eigenvalue weighted by Crippen LogP contribution is -2.45. The highest BCUT2D eigenvalue weighted by molar-refractivity contribution is 5.98. The van der Waals surface area contributed by atoms with Crippen molar-refractivity contribution in [1.82, 2.24) is 5.32 Å². The van der Waals surface area contributed by atoms with Crippen LogP contribution in [-0.4, -0.2) is 43.3 Å².